The zero-order chi connectivity index (χ0) is 26.0. The number of nitrogens with zero attached hydrogens (tertiary/aromatic N) is 3. The molecule has 1 aliphatic heterocycles. The lowest BCUT2D eigenvalue weighted by molar-refractivity contribution is 0.0744. The van der Waals surface area contributed by atoms with Crippen LogP contribution in [0.15, 0.2) is 72.1 Å². The van der Waals surface area contributed by atoms with E-state index in [4.69, 9.17) is 4.74 Å². The number of urea groups is 1. The molecule has 0 unspecified atom stereocenters. The Balaban J connectivity index is 1.31. The Bertz CT molecular complexity index is 1200. The highest BCUT2D eigenvalue weighted by atomic mass is 32.1. The Labute approximate surface area is 223 Å². The number of amides is 3. The molecule has 2 aromatic carbocycles. The zero-order valence-corrected chi connectivity index (χ0v) is 22.2. The van der Waals surface area contributed by atoms with Gasteiger partial charge in [0.1, 0.15) is 5.75 Å². The molecule has 4 rings (SSSR count). The SMILES string of the molecule is COc1ccccc1C=CCN(CCN1CCN(C(=O)Nc2cccc(C)c2)CC1)C(=O)c1cccs1. The lowest BCUT2D eigenvalue weighted by atomic mass is 10.2. The van der Waals surface area contributed by atoms with Crippen molar-refractivity contribution in [2.75, 3.05) is 58.2 Å². The van der Waals surface area contributed by atoms with Gasteiger partial charge in [0, 0.05) is 57.1 Å². The van der Waals surface area contributed by atoms with Gasteiger partial charge in [-0.15, -0.1) is 11.3 Å². The van der Waals surface area contributed by atoms with Crippen molar-refractivity contribution in [1.29, 1.82) is 0 Å². The lowest BCUT2D eigenvalue weighted by Crippen LogP contribution is -2.51. The standard InChI is InChI=1S/C29H34N4O3S/c1-23-8-5-11-25(22-23)30-29(35)33-19-16-31(17-20-33)15-18-32(28(34)27-13-7-21-37-27)14-6-10-24-9-3-4-12-26(24)36-2/h3-13,21-22H,14-20H2,1-2H3,(H,30,35). The third-order valence-electron chi connectivity index (χ3n) is 6.40. The van der Waals surface area contributed by atoms with E-state index >= 15 is 0 Å². The van der Waals surface area contributed by atoms with Crippen LogP contribution in [0.1, 0.15) is 20.8 Å². The molecule has 0 bridgehead atoms. The number of methoxy groups -OCH3 is 1. The van der Waals surface area contributed by atoms with Crippen molar-refractivity contribution in [3.05, 3.63) is 88.1 Å². The molecule has 2 heterocycles. The number of carbonyl (C=O) groups is 2. The van der Waals surface area contributed by atoms with E-state index in [9.17, 15) is 9.59 Å². The highest BCUT2D eigenvalue weighted by Crippen LogP contribution is 2.19. The van der Waals surface area contributed by atoms with Crippen LogP contribution in [0.2, 0.25) is 0 Å². The van der Waals surface area contributed by atoms with Crippen LogP contribution in [0.4, 0.5) is 10.5 Å². The summed E-state index contributed by atoms with van der Waals surface area (Å²) in [6.07, 6.45) is 4.01. The summed E-state index contributed by atoms with van der Waals surface area (Å²) >= 11 is 1.46. The molecule has 1 fully saturated rings. The maximum atomic E-state index is 13.2. The highest BCUT2D eigenvalue weighted by molar-refractivity contribution is 7.12. The van der Waals surface area contributed by atoms with Crippen molar-refractivity contribution in [2.45, 2.75) is 6.92 Å². The molecule has 194 valence electrons. The second-order valence-electron chi connectivity index (χ2n) is 9.00. The minimum atomic E-state index is -0.0683. The molecule has 3 aromatic rings. The Morgan fingerprint density at radius 1 is 1.05 bits per heavy atom. The average Bonchev–Trinajstić information content (AvgIpc) is 3.46. The number of ether oxygens (including phenoxy) is 1. The first-order valence-corrected chi connectivity index (χ1v) is 13.4. The molecule has 1 saturated heterocycles. The molecule has 0 atom stereocenters. The fourth-order valence-corrected chi connectivity index (χ4v) is 5.00. The van der Waals surface area contributed by atoms with Crippen molar-refractivity contribution in [3.63, 3.8) is 0 Å². The number of aryl methyl sites for hydroxylation is 1. The molecule has 1 aromatic heterocycles. The minimum absolute atomic E-state index is 0.0378. The monoisotopic (exact) mass is 518 g/mol. The van der Waals surface area contributed by atoms with Crippen molar-refractivity contribution in [1.82, 2.24) is 14.7 Å². The number of rotatable bonds is 9. The first-order valence-electron chi connectivity index (χ1n) is 12.5. The van der Waals surface area contributed by atoms with Crippen LogP contribution in [0.5, 0.6) is 5.75 Å². The third-order valence-corrected chi connectivity index (χ3v) is 7.25. The maximum Gasteiger partial charge on any atom is 0.321 e. The molecule has 7 nitrogen and oxygen atoms in total. The molecular formula is C29H34N4O3S. The molecule has 3 amide bonds. The minimum Gasteiger partial charge on any atom is -0.496 e. The molecule has 8 heteroatoms. The lowest BCUT2D eigenvalue weighted by Gasteiger charge is -2.35. The van der Waals surface area contributed by atoms with Gasteiger partial charge in [-0.1, -0.05) is 48.6 Å². The number of carbonyl (C=O) groups excluding carboxylic acids is 2. The van der Waals surface area contributed by atoms with Crippen LogP contribution in [0, 0.1) is 6.92 Å². The third kappa shape index (κ3) is 7.44. The first-order chi connectivity index (χ1) is 18.0. The van der Waals surface area contributed by atoms with E-state index in [1.54, 1.807) is 7.11 Å². The molecule has 1 N–H and O–H groups in total. The number of hydrogen-bond acceptors (Lipinski definition) is 5. The predicted molar refractivity (Wildman–Crippen MR) is 150 cm³/mol. The molecule has 0 saturated carbocycles. The van der Waals surface area contributed by atoms with E-state index in [0.29, 0.717) is 26.2 Å². The topological polar surface area (TPSA) is 65.1 Å². The van der Waals surface area contributed by atoms with E-state index < -0.39 is 0 Å². The quantitative estimate of drug-likeness (QED) is 0.430. The molecule has 1 aliphatic rings. The van der Waals surface area contributed by atoms with Gasteiger partial charge in [-0.25, -0.2) is 4.79 Å². The fourth-order valence-electron chi connectivity index (χ4n) is 4.30. The van der Waals surface area contributed by atoms with Gasteiger partial charge in [0.25, 0.3) is 5.91 Å². The van der Waals surface area contributed by atoms with E-state index in [-0.39, 0.29) is 11.9 Å². The number of anilines is 1. The molecule has 0 spiro atoms. The van der Waals surface area contributed by atoms with Gasteiger partial charge < -0.3 is 19.9 Å². The maximum absolute atomic E-state index is 13.2. The molecule has 0 aliphatic carbocycles. The van der Waals surface area contributed by atoms with Gasteiger partial charge >= 0.3 is 6.03 Å². The van der Waals surface area contributed by atoms with Gasteiger partial charge in [-0.2, -0.15) is 0 Å². The number of thiophene rings is 1. The number of nitrogens with one attached hydrogen (secondary N) is 1. The second kappa shape index (κ2) is 13.1. The van der Waals surface area contributed by atoms with Gasteiger partial charge in [0.05, 0.1) is 12.0 Å². The molecule has 0 radical (unpaired) electrons. The summed E-state index contributed by atoms with van der Waals surface area (Å²) in [4.78, 5) is 32.7. The van der Waals surface area contributed by atoms with Gasteiger partial charge in [0.2, 0.25) is 0 Å². The largest absolute Gasteiger partial charge is 0.496 e. The Morgan fingerprint density at radius 2 is 1.86 bits per heavy atom. The zero-order valence-electron chi connectivity index (χ0n) is 21.4. The van der Waals surface area contributed by atoms with E-state index in [0.717, 1.165) is 47.1 Å². The summed E-state index contributed by atoms with van der Waals surface area (Å²) in [7, 11) is 1.66. The smallest absolute Gasteiger partial charge is 0.321 e. The van der Waals surface area contributed by atoms with Crippen molar-refractivity contribution >= 4 is 35.0 Å². The summed E-state index contributed by atoms with van der Waals surface area (Å²) in [5, 5.41) is 4.92. The predicted octanol–water partition coefficient (Wildman–Crippen LogP) is 5.07. The first kappa shape index (κ1) is 26.4. The number of piperazine rings is 1. The van der Waals surface area contributed by atoms with Crippen LogP contribution < -0.4 is 10.1 Å². The summed E-state index contributed by atoms with van der Waals surface area (Å²) in [5.74, 6) is 0.843. The summed E-state index contributed by atoms with van der Waals surface area (Å²) in [6, 6.07) is 19.4. The van der Waals surface area contributed by atoms with Crippen molar-refractivity contribution < 1.29 is 14.3 Å². The highest BCUT2D eigenvalue weighted by Gasteiger charge is 2.23. The fraction of sp³-hybridized carbons (Fsp3) is 0.310. The Hall–Kier alpha value is -3.62. The van der Waals surface area contributed by atoms with E-state index in [1.165, 1.54) is 11.3 Å². The summed E-state index contributed by atoms with van der Waals surface area (Å²) in [5.41, 5.74) is 2.91. The molecular weight excluding hydrogens is 484 g/mol. The van der Waals surface area contributed by atoms with E-state index in [2.05, 4.69) is 10.2 Å². The van der Waals surface area contributed by atoms with Crippen molar-refractivity contribution in [3.8, 4) is 5.75 Å². The Morgan fingerprint density at radius 3 is 2.59 bits per heavy atom. The second-order valence-corrected chi connectivity index (χ2v) is 9.95. The van der Waals surface area contributed by atoms with Crippen LogP contribution in [0.25, 0.3) is 6.08 Å². The number of hydrogen-bond donors (Lipinski definition) is 1. The van der Waals surface area contributed by atoms with Crippen molar-refractivity contribution in [2.24, 2.45) is 0 Å². The van der Waals surface area contributed by atoms with Crippen LogP contribution in [0.3, 0.4) is 0 Å². The summed E-state index contributed by atoms with van der Waals surface area (Å²) < 4.78 is 5.43. The van der Waals surface area contributed by atoms with Gasteiger partial charge in [-0.3, -0.25) is 9.69 Å². The Kier molecular flexibility index (Phi) is 9.35. The average molecular weight is 519 g/mol. The number of benzene rings is 2. The van der Waals surface area contributed by atoms with Crippen LogP contribution in [-0.2, 0) is 0 Å². The van der Waals surface area contributed by atoms with Crippen LogP contribution in [-0.4, -0.2) is 79.6 Å². The van der Waals surface area contributed by atoms with Crippen LogP contribution >= 0.6 is 11.3 Å². The van der Waals surface area contributed by atoms with Gasteiger partial charge in [-0.05, 0) is 42.1 Å². The van der Waals surface area contributed by atoms with E-state index in [1.807, 2.05) is 94.9 Å². The number of para-hydroxylation sites is 1. The normalized spacial score (nSPS) is 14.1. The van der Waals surface area contributed by atoms with Gasteiger partial charge in [0.15, 0.2) is 0 Å². The molecule has 37 heavy (non-hydrogen) atoms. The summed E-state index contributed by atoms with van der Waals surface area (Å²) in [6.45, 7) is 6.76.